The highest BCUT2D eigenvalue weighted by molar-refractivity contribution is 5.63. The molecule has 1 aliphatic heterocycles. The maximum atomic E-state index is 4.67. The molecular weight excluding hydrogens is 346 g/mol. The van der Waals surface area contributed by atoms with Gasteiger partial charge in [-0.2, -0.15) is 5.10 Å². The van der Waals surface area contributed by atoms with Crippen molar-refractivity contribution in [1.82, 2.24) is 14.8 Å². The van der Waals surface area contributed by atoms with E-state index in [1.807, 2.05) is 24.7 Å². The molecule has 4 rings (SSSR count). The summed E-state index contributed by atoms with van der Waals surface area (Å²) in [4.78, 5) is 6.69. The van der Waals surface area contributed by atoms with Gasteiger partial charge in [0, 0.05) is 30.2 Å². The zero-order chi connectivity index (χ0) is 19.5. The molecule has 0 bridgehead atoms. The number of allylic oxidation sites excluding steroid dienone is 1. The molecule has 3 aromatic rings. The topological polar surface area (TPSA) is 46.0 Å². The molecule has 0 spiro atoms. The number of rotatable bonds is 6. The number of pyridine rings is 1. The molecule has 0 radical (unpaired) electrons. The largest absolute Gasteiger partial charge is 0.342 e. The zero-order valence-corrected chi connectivity index (χ0v) is 16.8. The second kappa shape index (κ2) is 7.89. The molecule has 2 aromatic heterocycles. The highest BCUT2D eigenvalue weighted by atomic mass is 15.4. The van der Waals surface area contributed by atoms with Crippen LogP contribution in [0.1, 0.15) is 43.0 Å². The van der Waals surface area contributed by atoms with Crippen LogP contribution in [0.15, 0.2) is 66.9 Å². The SMILES string of the molecule is CCCn1ncc2c1N(C(C)c1cccnc1)C(Nc1ccc(C)cc1)=CC2. The van der Waals surface area contributed by atoms with Crippen molar-refractivity contribution in [3.8, 4) is 0 Å². The standard InChI is InChI=1S/C23H27N5/c1-4-14-27-23-20(16-25-27)9-12-22(26-21-10-7-17(2)8-11-21)28(23)18(3)19-6-5-13-24-15-19/h5-8,10-13,15-16,18,26H,4,9,14H2,1-3H3. The van der Waals surface area contributed by atoms with Crippen LogP contribution >= 0.6 is 0 Å². The average molecular weight is 374 g/mol. The minimum absolute atomic E-state index is 0.129. The van der Waals surface area contributed by atoms with E-state index < -0.39 is 0 Å². The summed E-state index contributed by atoms with van der Waals surface area (Å²) in [7, 11) is 0. The predicted octanol–water partition coefficient (Wildman–Crippen LogP) is 5.07. The van der Waals surface area contributed by atoms with E-state index in [9.17, 15) is 0 Å². The minimum Gasteiger partial charge on any atom is -0.342 e. The summed E-state index contributed by atoms with van der Waals surface area (Å²) in [6.07, 6.45) is 9.96. The van der Waals surface area contributed by atoms with Crippen molar-refractivity contribution >= 4 is 11.5 Å². The van der Waals surface area contributed by atoms with Crippen LogP contribution in [0.4, 0.5) is 11.5 Å². The summed E-state index contributed by atoms with van der Waals surface area (Å²) >= 11 is 0. The van der Waals surface area contributed by atoms with Gasteiger partial charge in [-0.15, -0.1) is 0 Å². The van der Waals surface area contributed by atoms with Gasteiger partial charge in [0.05, 0.1) is 12.2 Å². The van der Waals surface area contributed by atoms with Crippen molar-refractivity contribution in [1.29, 1.82) is 0 Å². The summed E-state index contributed by atoms with van der Waals surface area (Å²) in [6, 6.07) is 12.8. The molecule has 0 fully saturated rings. The second-order valence-corrected chi connectivity index (χ2v) is 7.33. The molecule has 1 aliphatic rings. The number of benzene rings is 1. The Labute approximate surface area is 166 Å². The zero-order valence-electron chi connectivity index (χ0n) is 16.8. The highest BCUT2D eigenvalue weighted by Crippen LogP contribution is 2.37. The van der Waals surface area contributed by atoms with Gasteiger partial charge in [-0.25, -0.2) is 4.68 Å². The first kappa shape index (κ1) is 18.3. The second-order valence-electron chi connectivity index (χ2n) is 7.33. The molecular formula is C23H27N5. The molecule has 5 heteroatoms. The Balaban J connectivity index is 1.74. The molecule has 28 heavy (non-hydrogen) atoms. The van der Waals surface area contributed by atoms with Crippen molar-refractivity contribution in [2.45, 2.75) is 46.2 Å². The minimum atomic E-state index is 0.129. The number of aromatic nitrogens is 3. The van der Waals surface area contributed by atoms with Gasteiger partial charge in [0.15, 0.2) is 0 Å². The Morgan fingerprint density at radius 2 is 1.96 bits per heavy atom. The van der Waals surface area contributed by atoms with Gasteiger partial charge in [0.1, 0.15) is 11.6 Å². The van der Waals surface area contributed by atoms with Gasteiger partial charge in [-0.3, -0.25) is 4.98 Å². The van der Waals surface area contributed by atoms with E-state index in [-0.39, 0.29) is 6.04 Å². The van der Waals surface area contributed by atoms with E-state index in [4.69, 9.17) is 0 Å². The molecule has 0 aliphatic carbocycles. The number of nitrogens with zero attached hydrogens (tertiary/aromatic N) is 4. The summed E-state index contributed by atoms with van der Waals surface area (Å²) in [6.45, 7) is 7.42. The lowest BCUT2D eigenvalue weighted by molar-refractivity contribution is 0.580. The van der Waals surface area contributed by atoms with Gasteiger partial charge in [-0.1, -0.05) is 30.7 Å². The predicted molar refractivity (Wildman–Crippen MR) is 114 cm³/mol. The molecule has 5 nitrogen and oxygen atoms in total. The molecule has 144 valence electrons. The van der Waals surface area contributed by atoms with Crippen LogP contribution in [0.25, 0.3) is 0 Å². The summed E-state index contributed by atoms with van der Waals surface area (Å²) in [5.41, 5.74) is 4.78. The fourth-order valence-corrected chi connectivity index (χ4v) is 3.70. The molecule has 3 heterocycles. The fourth-order valence-electron chi connectivity index (χ4n) is 3.70. The number of hydrogen-bond acceptors (Lipinski definition) is 4. The average Bonchev–Trinajstić information content (AvgIpc) is 3.13. The van der Waals surface area contributed by atoms with Crippen LogP contribution in [0.3, 0.4) is 0 Å². The smallest absolute Gasteiger partial charge is 0.136 e. The van der Waals surface area contributed by atoms with Crippen LogP contribution < -0.4 is 10.2 Å². The fraction of sp³-hybridized carbons (Fsp3) is 0.304. The van der Waals surface area contributed by atoms with E-state index in [0.29, 0.717) is 0 Å². The van der Waals surface area contributed by atoms with Crippen molar-refractivity contribution in [3.63, 3.8) is 0 Å². The van der Waals surface area contributed by atoms with Crippen LogP contribution in [-0.4, -0.2) is 14.8 Å². The first-order chi connectivity index (χ1) is 13.7. The molecule has 1 unspecified atom stereocenters. The third-order valence-corrected chi connectivity index (χ3v) is 5.20. The lowest BCUT2D eigenvalue weighted by Crippen LogP contribution is -2.34. The van der Waals surface area contributed by atoms with E-state index in [0.717, 1.165) is 30.9 Å². The van der Waals surface area contributed by atoms with Crippen LogP contribution in [-0.2, 0) is 13.0 Å². The number of hydrogen-bond donors (Lipinski definition) is 1. The van der Waals surface area contributed by atoms with Gasteiger partial charge >= 0.3 is 0 Å². The molecule has 0 amide bonds. The number of fused-ring (bicyclic) bond motifs is 1. The van der Waals surface area contributed by atoms with Crippen molar-refractivity contribution in [3.05, 3.63) is 83.6 Å². The monoisotopic (exact) mass is 373 g/mol. The number of anilines is 2. The van der Waals surface area contributed by atoms with E-state index >= 15 is 0 Å². The Kier molecular flexibility index (Phi) is 5.15. The molecule has 0 saturated carbocycles. The van der Waals surface area contributed by atoms with E-state index in [1.165, 1.54) is 22.5 Å². The third-order valence-electron chi connectivity index (χ3n) is 5.20. The Bertz CT molecular complexity index is 956. The maximum Gasteiger partial charge on any atom is 0.136 e. The lowest BCUT2D eigenvalue weighted by atomic mass is 10.0. The molecule has 1 atom stereocenters. The van der Waals surface area contributed by atoms with E-state index in [2.05, 4.69) is 82.2 Å². The van der Waals surface area contributed by atoms with Gasteiger partial charge < -0.3 is 10.2 Å². The van der Waals surface area contributed by atoms with Crippen LogP contribution in [0.5, 0.6) is 0 Å². The van der Waals surface area contributed by atoms with Gasteiger partial charge in [0.2, 0.25) is 0 Å². The normalized spacial score (nSPS) is 14.4. The van der Waals surface area contributed by atoms with Crippen LogP contribution in [0, 0.1) is 6.92 Å². The Hall–Kier alpha value is -3.08. The molecule has 1 N–H and O–H groups in total. The Morgan fingerprint density at radius 3 is 2.68 bits per heavy atom. The van der Waals surface area contributed by atoms with Crippen molar-refractivity contribution < 1.29 is 0 Å². The van der Waals surface area contributed by atoms with Crippen molar-refractivity contribution in [2.75, 3.05) is 10.2 Å². The quantitative estimate of drug-likeness (QED) is 0.655. The third kappa shape index (κ3) is 3.52. The van der Waals surface area contributed by atoms with Gasteiger partial charge in [0.25, 0.3) is 0 Å². The number of aryl methyl sites for hydroxylation is 2. The summed E-state index contributed by atoms with van der Waals surface area (Å²) < 4.78 is 2.13. The van der Waals surface area contributed by atoms with E-state index in [1.54, 1.807) is 0 Å². The molecule has 0 saturated heterocycles. The number of nitrogens with one attached hydrogen (secondary N) is 1. The lowest BCUT2D eigenvalue weighted by Gasteiger charge is -2.37. The summed E-state index contributed by atoms with van der Waals surface area (Å²) in [5.74, 6) is 2.26. The highest BCUT2D eigenvalue weighted by Gasteiger charge is 2.29. The van der Waals surface area contributed by atoms with Gasteiger partial charge in [-0.05, 0) is 56.5 Å². The van der Waals surface area contributed by atoms with Crippen molar-refractivity contribution in [2.24, 2.45) is 0 Å². The maximum absolute atomic E-state index is 4.67. The molecule has 1 aromatic carbocycles. The summed E-state index contributed by atoms with van der Waals surface area (Å²) in [5, 5.41) is 8.30. The Morgan fingerprint density at radius 1 is 1.14 bits per heavy atom. The first-order valence-electron chi connectivity index (χ1n) is 9.95. The van der Waals surface area contributed by atoms with Crippen LogP contribution in [0.2, 0.25) is 0 Å². The first-order valence-corrected chi connectivity index (χ1v) is 9.95.